The van der Waals surface area contributed by atoms with Gasteiger partial charge in [-0.2, -0.15) is 0 Å². The lowest BCUT2D eigenvalue weighted by atomic mass is 10.1. The fourth-order valence-corrected chi connectivity index (χ4v) is 1.48. The van der Waals surface area contributed by atoms with Gasteiger partial charge in [0.25, 0.3) is 0 Å². The fourth-order valence-electron chi connectivity index (χ4n) is 1.48. The highest BCUT2D eigenvalue weighted by atomic mass is 16.5. The summed E-state index contributed by atoms with van der Waals surface area (Å²) >= 11 is 0. The van der Waals surface area contributed by atoms with Gasteiger partial charge in [0.05, 0.1) is 12.7 Å². The second-order valence-corrected chi connectivity index (χ2v) is 4.19. The molecule has 0 aliphatic carbocycles. The van der Waals surface area contributed by atoms with E-state index in [-0.39, 0.29) is 12.1 Å². The maximum Gasteiger partial charge on any atom is 0.115 e. The molecule has 0 amide bonds. The monoisotopic (exact) mass is 223 g/mol. The number of rotatable bonds is 6. The van der Waals surface area contributed by atoms with Gasteiger partial charge < -0.3 is 15.2 Å². The number of phenols is 1. The van der Waals surface area contributed by atoms with E-state index in [1.54, 1.807) is 12.1 Å². The van der Waals surface area contributed by atoms with Crippen molar-refractivity contribution in [3.05, 3.63) is 29.8 Å². The molecule has 0 aliphatic rings. The Morgan fingerprint density at radius 1 is 1.31 bits per heavy atom. The Kier molecular flexibility index (Phi) is 5.29. The van der Waals surface area contributed by atoms with Crippen LogP contribution in [-0.2, 0) is 4.74 Å². The number of hydrogen-bond acceptors (Lipinski definition) is 3. The van der Waals surface area contributed by atoms with Gasteiger partial charge in [0, 0.05) is 12.6 Å². The van der Waals surface area contributed by atoms with Crippen molar-refractivity contribution in [2.45, 2.75) is 32.9 Å². The molecule has 0 saturated carbocycles. The molecule has 0 heterocycles. The van der Waals surface area contributed by atoms with Gasteiger partial charge in [-0.25, -0.2) is 0 Å². The van der Waals surface area contributed by atoms with E-state index < -0.39 is 0 Å². The maximum absolute atomic E-state index is 9.35. The summed E-state index contributed by atoms with van der Waals surface area (Å²) in [7, 11) is 0. The Hall–Kier alpha value is -1.06. The van der Waals surface area contributed by atoms with Gasteiger partial charge >= 0.3 is 0 Å². The van der Waals surface area contributed by atoms with E-state index in [2.05, 4.69) is 12.2 Å². The van der Waals surface area contributed by atoms with E-state index >= 15 is 0 Å². The number of nitrogens with one attached hydrogen (secondary N) is 1. The van der Waals surface area contributed by atoms with Crippen molar-refractivity contribution in [3.8, 4) is 5.75 Å². The standard InChI is InChI=1S/C13H21NO2/c1-10(2)16-8-7-14-11(3)12-5-4-6-13(15)9-12/h4-6,9-11,14-15H,7-8H2,1-3H3. The van der Waals surface area contributed by atoms with Crippen molar-refractivity contribution in [3.63, 3.8) is 0 Å². The van der Waals surface area contributed by atoms with E-state index in [1.165, 1.54) is 0 Å². The topological polar surface area (TPSA) is 41.5 Å². The van der Waals surface area contributed by atoms with Crippen LogP contribution >= 0.6 is 0 Å². The molecule has 0 aromatic heterocycles. The van der Waals surface area contributed by atoms with Crippen molar-refractivity contribution < 1.29 is 9.84 Å². The first-order valence-electron chi connectivity index (χ1n) is 5.73. The lowest BCUT2D eigenvalue weighted by Gasteiger charge is -2.15. The van der Waals surface area contributed by atoms with Crippen molar-refractivity contribution in [1.29, 1.82) is 0 Å². The van der Waals surface area contributed by atoms with Crippen LogP contribution in [0.2, 0.25) is 0 Å². The second kappa shape index (κ2) is 6.51. The normalized spacial score (nSPS) is 13.0. The van der Waals surface area contributed by atoms with E-state index in [1.807, 2.05) is 26.0 Å². The molecule has 0 bridgehead atoms. The molecule has 0 spiro atoms. The van der Waals surface area contributed by atoms with Crippen LogP contribution in [0.1, 0.15) is 32.4 Å². The molecule has 16 heavy (non-hydrogen) atoms. The number of aromatic hydroxyl groups is 1. The highest BCUT2D eigenvalue weighted by Gasteiger charge is 2.04. The Balaban J connectivity index is 2.32. The zero-order valence-electron chi connectivity index (χ0n) is 10.2. The van der Waals surface area contributed by atoms with Gasteiger partial charge in [-0.1, -0.05) is 12.1 Å². The summed E-state index contributed by atoms with van der Waals surface area (Å²) in [4.78, 5) is 0. The highest BCUT2D eigenvalue weighted by molar-refractivity contribution is 5.28. The van der Waals surface area contributed by atoms with Gasteiger partial charge in [0.15, 0.2) is 0 Å². The van der Waals surface area contributed by atoms with E-state index in [9.17, 15) is 5.11 Å². The summed E-state index contributed by atoms with van der Waals surface area (Å²) in [6, 6.07) is 7.54. The molecule has 1 atom stereocenters. The Labute approximate surface area is 97.4 Å². The van der Waals surface area contributed by atoms with Crippen LogP contribution in [0.3, 0.4) is 0 Å². The SMILES string of the molecule is CC(C)OCCNC(C)c1cccc(O)c1. The van der Waals surface area contributed by atoms with Crippen molar-refractivity contribution >= 4 is 0 Å². The van der Waals surface area contributed by atoms with E-state index in [4.69, 9.17) is 4.74 Å². The number of benzene rings is 1. The Morgan fingerprint density at radius 2 is 2.06 bits per heavy atom. The van der Waals surface area contributed by atoms with Crippen LogP contribution in [0.15, 0.2) is 24.3 Å². The summed E-state index contributed by atoms with van der Waals surface area (Å²) in [5.74, 6) is 0.310. The molecule has 1 unspecified atom stereocenters. The van der Waals surface area contributed by atoms with E-state index in [0.717, 1.165) is 12.1 Å². The first kappa shape index (κ1) is 13.0. The summed E-state index contributed by atoms with van der Waals surface area (Å²) in [5.41, 5.74) is 1.09. The Bertz CT molecular complexity index is 313. The number of ether oxygens (including phenoxy) is 1. The third-order valence-electron chi connectivity index (χ3n) is 2.37. The molecule has 1 aromatic carbocycles. The van der Waals surface area contributed by atoms with Crippen LogP contribution in [0.4, 0.5) is 0 Å². The molecular formula is C13H21NO2. The summed E-state index contributed by atoms with van der Waals surface area (Å²) in [5, 5.41) is 12.7. The molecule has 2 N–H and O–H groups in total. The average molecular weight is 223 g/mol. The minimum Gasteiger partial charge on any atom is -0.508 e. The van der Waals surface area contributed by atoms with Crippen LogP contribution in [0.25, 0.3) is 0 Å². The van der Waals surface area contributed by atoms with Crippen molar-refractivity contribution in [2.75, 3.05) is 13.2 Å². The van der Waals surface area contributed by atoms with Crippen LogP contribution in [-0.4, -0.2) is 24.4 Å². The molecule has 0 fully saturated rings. The number of hydrogen-bond donors (Lipinski definition) is 2. The van der Waals surface area contributed by atoms with Crippen LogP contribution in [0, 0.1) is 0 Å². The second-order valence-electron chi connectivity index (χ2n) is 4.19. The molecule has 0 saturated heterocycles. The Morgan fingerprint density at radius 3 is 2.69 bits per heavy atom. The van der Waals surface area contributed by atoms with Gasteiger partial charge in [-0.05, 0) is 38.5 Å². The zero-order chi connectivity index (χ0) is 12.0. The smallest absolute Gasteiger partial charge is 0.115 e. The van der Waals surface area contributed by atoms with Crippen molar-refractivity contribution in [1.82, 2.24) is 5.32 Å². The van der Waals surface area contributed by atoms with E-state index in [0.29, 0.717) is 12.4 Å². The fraction of sp³-hybridized carbons (Fsp3) is 0.538. The molecule has 0 radical (unpaired) electrons. The van der Waals surface area contributed by atoms with Gasteiger partial charge in [0.1, 0.15) is 5.75 Å². The first-order chi connectivity index (χ1) is 7.59. The van der Waals surface area contributed by atoms with Crippen LogP contribution < -0.4 is 5.32 Å². The average Bonchev–Trinajstić information content (AvgIpc) is 2.24. The lowest BCUT2D eigenvalue weighted by molar-refractivity contribution is 0.0796. The number of phenolic OH excluding ortho intramolecular Hbond substituents is 1. The minimum atomic E-state index is 0.225. The summed E-state index contributed by atoms with van der Waals surface area (Å²) < 4.78 is 5.44. The maximum atomic E-state index is 9.35. The quantitative estimate of drug-likeness (QED) is 0.728. The van der Waals surface area contributed by atoms with Crippen LogP contribution in [0.5, 0.6) is 5.75 Å². The first-order valence-corrected chi connectivity index (χ1v) is 5.73. The predicted molar refractivity (Wildman–Crippen MR) is 65.6 cm³/mol. The largest absolute Gasteiger partial charge is 0.508 e. The summed E-state index contributed by atoms with van der Waals surface area (Å²) in [6.45, 7) is 7.65. The minimum absolute atomic E-state index is 0.225. The molecule has 3 heteroatoms. The molecule has 1 rings (SSSR count). The molecular weight excluding hydrogens is 202 g/mol. The molecule has 0 aliphatic heterocycles. The highest BCUT2D eigenvalue weighted by Crippen LogP contribution is 2.17. The van der Waals surface area contributed by atoms with Gasteiger partial charge in [0.2, 0.25) is 0 Å². The third-order valence-corrected chi connectivity index (χ3v) is 2.37. The molecule has 1 aromatic rings. The van der Waals surface area contributed by atoms with Gasteiger partial charge in [-0.15, -0.1) is 0 Å². The zero-order valence-corrected chi connectivity index (χ0v) is 10.2. The van der Waals surface area contributed by atoms with Gasteiger partial charge in [-0.3, -0.25) is 0 Å². The molecule has 3 nitrogen and oxygen atoms in total. The molecule has 90 valence electrons. The third kappa shape index (κ3) is 4.64. The summed E-state index contributed by atoms with van der Waals surface area (Å²) in [6.07, 6.45) is 0.276. The van der Waals surface area contributed by atoms with Crippen molar-refractivity contribution in [2.24, 2.45) is 0 Å². The predicted octanol–water partition coefficient (Wildman–Crippen LogP) is 2.47. The lowest BCUT2D eigenvalue weighted by Crippen LogP contribution is -2.24.